The monoisotopic (exact) mass is 487 g/mol. The highest BCUT2D eigenvalue weighted by Crippen LogP contribution is 2.30. The molecule has 0 aliphatic heterocycles. The van der Waals surface area contributed by atoms with Gasteiger partial charge in [-0.15, -0.1) is 0 Å². The summed E-state index contributed by atoms with van der Waals surface area (Å²) in [4.78, 5) is 24.8. The Balaban J connectivity index is 2.54. The fourth-order valence-corrected chi connectivity index (χ4v) is 3.83. The van der Waals surface area contributed by atoms with Crippen molar-refractivity contribution in [2.24, 2.45) is 0 Å². The topological polar surface area (TPSA) is 68.5 Å². The molecule has 140 valence electrons. The van der Waals surface area contributed by atoms with Crippen molar-refractivity contribution >= 4 is 57.1 Å². The first-order valence-electron chi connectivity index (χ1n) is 8.12. The molecular formula is C19H22INO4S. The summed E-state index contributed by atoms with van der Waals surface area (Å²) in [6, 6.07) is 3.62. The number of nitrogens with one attached hydrogen (secondary N) is 1. The maximum absolute atomic E-state index is 12.7. The number of thioether (sulfide) groups is 1. The molecule has 1 aromatic carbocycles. The second-order valence-corrected chi connectivity index (χ2v) is 9.08. The van der Waals surface area contributed by atoms with Gasteiger partial charge in [-0.25, -0.2) is 4.79 Å². The zero-order valence-electron chi connectivity index (χ0n) is 15.5. The van der Waals surface area contributed by atoms with Crippen LogP contribution in [0.4, 0.5) is 4.79 Å². The van der Waals surface area contributed by atoms with E-state index in [4.69, 9.17) is 9.15 Å². The van der Waals surface area contributed by atoms with Crippen molar-refractivity contribution < 1.29 is 13.9 Å². The molecule has 5 nitrogen and oxygen atoms in total. The molecule has 0 aliphatic carbocycles. The number of benzene rings is 1. The molecule has 0 fully saturated rings. The van der Waals surface area contributed by atoms with E-state index in [0.29, 0.717) is 30.9 Å². The van der Waals surface area contributed by atoms with E-state index in [9.17, 15) is 9.59 Å². The maximum atomic E-state index is 12.7. The number of ether oxygens (including phenoxy) is 1. The number of carbonyl (C=O) groups excluding carboxylic acids is 1. The van der Waals surface area contributed by atoms with Crippen LogP contribution in [0, 0.1) is 10.5 Å². The van der Waals surface area contributed by atoms with Gasteiger partial charge in [-0.3, -0.25) is 10.1 Å². The standard InChI is InChI=1S/C19H22INO4S/c1-7-26-17-14(20)15(22)13-9-10(2)8-12(16(13)24-17)11(3)21-18(23)25-19(4,5)6/h8-9H,3,7H2,1-2,4-6H3,(H,21,23). The molecule has 0 saturated heterocycles. The number of aryl methyl sites for hydroxylation is 1. The van der Waals surface area contributed by atoms with Gasteiger partial charge in [0.25, 0.3) is 0 Å². The van der Waals surface area contributed by atoms with Gasteiger partial charge in [0.05, 0.1) is 5.39 Å². The number of hydrogen-bond donors (Lipinski definition) is 1. The van der Waals surface area contributed by atoms with Crippen LogP contribution in [0.5, 0.6) is 0 Å². The molecule has 26 heavy (non-hydrogen) atoms. The van der Waals surface area contributed by atoms with Crippen molar-refractivity contribution in [1.29, 1.82) is 0 Å². The van der Waals surface area contributed by atoms with Gasteiger partial charge in [0.2, 0.25) is 5.43 Å². The molecule has 2 rings (SSSR count). The molecule has 1 heterocycles. The Hall–Kier alpha value is -1.48. The van der Waals surface area contributed by atoms with Crippen LogP contribution in [0.25, 0.3) is 16.7 Å². The summed E-state index contributed by atoms with van der Waals surface area (Å²) in [7, 11) is 0. The van der Waals surface area contributed by atoms with Gasteiger partial charge in [0.15, 0.2) is 5.09 Å². The van der Waals surface area contributed by atoms with E-state index < -0.39 is 11.7 Å². The largest absolute Gasteiger partial charge is 0.448 e. The normalized spacial score (nSPS) is 11.5. The average Bonchev–Trinajstić information content (AvgIpc) is 2.50. The van der Waals surface area contributed by atoms with E-state index in [1.807, 2.05) is 42.5 Å². The molecule has 1 N–H and O–H groups in total. The zero-order chi connectivity index (χ0) is 19.6. The second-order valence-electron chi connectivity index (χ2n) is 6.76. The molecule has 0 atom stereocenters. The van der Waals surface area contributed by atoms with Crippen molar-refractivity contribution in [1.82, 2.24) is 5.32 Å². The number of rotatable bonds is 4. The number of fused-ring (bicyclic) bond motifs is 1. The fourth-order valence-electron chi connectivity index (χ4n) is 2.34. The Kier molecular flexibility index (Phi) is 6.44. The van der Waals surface area contributed by atoms with Gasteiger partial charge < -0.3 is 9.15 Å². The van der Waals surface area contributed by atoms with Gasteiger partial charge in [0.1, 0.15) is 14.8 Å². The van der Waals surface area contributed by atoms with E-state index in [1.54, 1.807) is 26.8 Å². The zero-order valence-corrected chi connectivity index (χ0v) is 18.5. The Morgan fingerprint density at radius 1 is 1.38 bits per heavy atom. The highest BCUT2D eigenvalue weighted by Gasteiger charge is 2.20. The number of amides is 1. The molecule has 0 unspecified atom stereocenters. The molecular weight excluding hydrogens is 465 g/mol. The molecule has 0 aliphatic rings. The minimum Gasteiger partial charge on any atom is -0.448 e. The maximum Gasteiger partial charge on any atom is 0.412 e. The smallest absolute Gasteiger partial charge is 0.412 e. The van der Waals surface area contributed by atoms with Crippen molar-refractivity contribution in [2.45, 2.75) is 45.3 Å². The second kappa shape index (κ2) is 8.04. The lowest BCUT2D eigenvalue weighted by molar-refractivity contribution is 0.0558. The van der Waals surface area contributed by atoms with E-state index in [-0.39, 0.29) is 5.43 Å². The first-order valence-corrected chi connectivity index (χ1v) is 10.2. The van der Waals surface area contributed by atoms with Crippen molar-refractivity contribution in [3.8, 4) is 0 Å². The predicted molar refractivity (Wildman–Crippen MR) is 115 cm³/mol. The minimum absolute atomic E-state index is 0.0854. The first kappa shape index (κ1) is 20.8. The molecule has 0 radical (unpaired) electrons. The number of hydrogen-bond acceptors (Lipinski definition) is 5. The molecule has 2 aromatic rings. The molecule has 1 amide bonds. The lowest BCUT2D eigenvalue weighted by atomic mass is 10.0. The Morgan fingerprint density at radius 3 is 2.62 bits per heavy atom. The molecule has 1 aromatic heterocycles. The molecule has 0 saturated carbocycles. The van der Waals surface area contributed by atoms with Gasteiger partial charge in [-0.2, -0.15) is 0 Å². The SMILES string of the molecule is C=C(NC(=O)OC(C)(C)C)c1cc(C)cc2c(=O)c(I)c(SCC)oc12. The van der Waals surface area contributed by atoms with Crippen molar-refractivity contribution in [2.75, 3.05) is 5.75 Å². The highest BCUT2D eigenvalue weighted by atomic mass is 127. The number of alkyl carbamates (subject to hydrolysis) is 1. The third-order valence-corrected chi connectivity index (χ3v) is 5.49. The van der Waals surface area contributed by atoms with Crippen LogP contribution < -0.4 is 10.7 Å². The third kappa shape index (κ3) is 4.82. The Labute approximate surface area is 170 Å². The summed E-state index contributed by atoms with van der Waals surface area (Å²) in [6.07, 6.45) is -0.604. The van der Waals surface area contributed by atoms with Gasteiger partial charge >= 0.3 is 6.09 Å². The quantitative estimate of drug-likeness (QED) is 0.468. The highest BCUT2D eigenvalue weighted by molar-refractivity contribution is 14.1. The Bertz CT molecular complexity index is 928. The molecule has 0 spiro atoms. The van der Waals surface area contributed by atoms with Crippen molar-refractivity contribution in [3.05, 3.63) is 43.6 Å². The summed E-state index contributed by atoms with van der Waals surface area (Å²) >= 11 is 3.47. The molecule has 0 bridgehead atoms. The fraction of sp³-hybridized carbons (Fsp3) is 0.368. The van der Waals surface area contributed by atoms with E-state index in [0.717, 1.165) is 11.3 Å². The first-order chi connectivity index (χ1) is 12.0. The summed E-state index contributed by atoms with van der Waals surface area (Å²) in [5.41, 5.74) is 1.48. The van der Waals surface area contributed by atoms with Crippen LogP contribution in [-0.2, 0) is 4.74 Å². The lowest BCUT2D eigenvalue weighted by Crippen LogP contribution is -2.31. The number of carbonyl (C=O) groups is 1. The average molecular weight is 487 g/mol. The Morgan fingerprint density at radius 2 is 2.04 bits per heavy atom. The van der Waals surface area contributed by atoms with Crippen LogP contribution in [0.15, 0.2) is 33.0 Å². The third-order valence-electron chi connectivity index (χ3n) is 3.30. The predicted octanol–water partition coefficient (Wildman–Crippen LogP) is 5.31. The minimum atomic E-state index is -0.618. The molecule has 7 heteroatoms. The van der Waals surface area contributed by atoms with Gasteiger partial charge in [-0.1, -0.05) is 25.3 Å². The summed E-state index contributed by atoms with van der Waals surface area (Å²) in [6.45, 7) is 13.2. The summed E-state index contributed by atoms with van der Waals surface area (Å²) in [5, 5.41) is 3.67. The van der Waals surface area contributed by atoms with E-state index in [1.165, 1.54) is 11.8 Å². The van der Waals surface area contributed by atoms with Gasteiger partial charge in [0, 0.05) is 11.3 Å². The van der Waals surface area contributed by atoms with Crippen LogP contribution in [0.3, 0.4) is 0 Å². The van der Waals surface area contributed by atoms with Gasteiger partial charge in [-0.05, 0) is 73.7 Å². The lowest BCUT2D eigenvalue weighted by Gasteiger charge is -2.20. The van der Waals surface area contributed by atoms with Crippen LogP contribution >= 0.6 is 34.4 Å². The van der Waals surface area contributed by atoms with E-state index in [2.05, 4.69) is 11.9 Å². The van der Waals surface area contributed by atoms with E-state index >= 15 is 0 Å². The van der Waals surface area contributed by atoms with Crippen LogP contribution in [0.2, 0.25) is 0 Å². The van der Waals surface area contributed by atoms with Crippen LogP contribution in [-0.4, -0.2) is 17.4 Å². The summed E-state index contributed by atoms with van der Waals surface area (Å²) in [5.74, 6) is 0.781. The number of halogens is 1. The van der Waals surface area contributed by atoms with Crippen molar-refractivity contribution in [3.63, 3.8) is 0 Å². The summed E-state index contributed by atoms with van der Waals surface area (Å²) < 4.78 is 11.8. The van der Waals surface area contributed by atoms with Crippen LogP contribution in [0.1, 0.15) is 38.8 Å².